The molecule has 1 fully saturated rings. The third kappa shape index (κ3) is 3.98. The molecule has 2 heterocycles. The molecule has 166 valence electrons. The van der Waals surface area contributed by atoms with E-state index in [4.69, 9.17) is 21.1 Å². The van der Waals surface area contributed by atoms with Crippen molar-refractivity contribution in [2.45, 2.75) is 58.2 Å². The number of carbonyl (C=O) groups excluding carboxylic acids is 2. The molecule has 0 atom stereocenters. The van der Waals surface area contributed by atoms with Crippen LogP contribution in [0.3, 0.4) is 0 Å². The minimum Gasteiger partial charge on any atom is -0.387 e. The van der Waals surface area contributed by atoms with Crippen LogP contribution in [0.4, 0.5) is 0 Å². The van der Waals surface area contributed by atoms with Crippen LogP contribution in [0.15, 0.2) is 36.4 Å². The molecule has 0 aliphatic carbocycles. The van der Waals surface area contributed by atoms with E-state index < -0.39 is 17.1 Å². The summed E-state index contributed by atoms with van der Waals surface area (Å²) in [5.74, 6) is -1.01. The molecule has 4 rings (SSSR count). The summed E-state index contributed by atoms with van der Waals surface area (Å²) in [5, 5.41) is 8.76. The average molecular weight is 455 g/mol. The van der Waals surface area contributed by atoms with Gasteiger partial charge in [0, 0.05) is 5.02 Å². The smallest absolute Gasteiger partial charge is 0.387 e. The Labute approximate surface area is 191 Å². The number of carbonyl (C=O) groups is 2. The lowest BCUT2D eigenvalue weighted by atomic mass is 9.73. The van der Waals surface area contributed by atoms with Crippen molar-refractivity contribution in [2.24, 2.45) is 0 Å². The SMILES string of the molecule is CCc1ccc(Oc2nnc3cc(Cl)ccc3[nH+]2)cc1C1C(=O)C(C)(C)OC(C)(C)C1=O. The van der Waals surface area contributed by atoms with Gasteiger partial charge in [0.2, 0.25) is 0 Å². The lowest BCUT2D eigenvalue weighted by Crippen LogP contribution is -2.58. The highest BCUT2D eigenvalue weighted by atomic mass is 35.5. The number of hydrogen-bond donors (Lipinski definition) is 0. The van der Waals surface area contributed by atoms with Gasteiger partial charge in [-0.25, -0.2) is 0 Å². The number of H-pyrrole nitrogens is 1. The van der Waals surface area contributed by atoms with Crippen molar-refractivity contribution < 1.29 is 24.0 Å². The van der Waals surface area contributed by atoms with Gasteiger partial charge in [0.25, 0.3) is 0 Å². The quantitative estimate of drug-likeness (QED) is 0.547. The lowest BCUT2D eigenvalue weighted by molar-refractivity contribution is -0.365. The third-order valence-corrected chi connectivity index (χ3v) is 5.93. The van der Waals surface area contributed by atoms with Gasteiger partial charge in [0.15, 0.2) is 22.6 Å². The summed E-state index contributed by atoms with van der Waals surface area (Å²) in [5.41, 5.74) is 0.689. The molecule has 0 bridgehead atoms. The molecule has 3 aromatic rings. The largest absolute Gasteiger partial charge is 0.526 e. The van der Waals surface area contributed by atoms with Crippen LogP contribution >= 0.6 is 11.6 Å². The topological polar surface area (TPSA) is 92.5 Å². The van der Waals surface area contributed by atoms with E-state index in [1.165, 1.54) is 0 Å². The van der Waals surface area contributed by atoms with Gasteiger partial charge in [-0.2, -0.15) is 4.98 Å². The standard InChI is InChI=1S/C24H24ClN3O4/c1-6-13-7-9-15(31-22-26-17-10-8-14(25)11-18(17)27-28-22)12-16(13)19-20(29)23(2,3)32-24(4,5)21(19)30/h7-12,19H,6H2,1-5H3/p+1. The van der Waals surface area contributed by atoms with Gasteiger partial charge < -0.3 is 9.47 Å². The number of ketones is 2. The Hall–Kier alpha value is -2.90. The van der Waals surface area contributed by atoms with Gasteiger partial charge in [-0.1, -0.05) is 24.6 Å². The van der Waals surface area contributed by atoms with Crippen LogP contribution in [0.1, 0.15) is 51.7 Å². The number of nitrogens with one attached hydrogen (secondary N) is 1. The Bertz CT molecular complexity index is 1210. The number of aromatic nitrogens is 3. The van der Waals surface area contributed by atoms with Crippen LogP contribution in [0, 0.1) is 0 Å². The summed E-state index contributed by atoms with van der Waals surface area (Å²) in [4.78, 5) is 29.5. The molecule has 1 aromatic heterocycles. The molecule has 2 aromatic carbocycles. The minimum atomic E-state index is -1.08. The van der Waals surface area contributed by atoms with Crippen LogP contribution in [0.5, 0.6) is 11.8 Å². The van der Waals surface area contributed by atoms with E-state index in [2.05, 4.69) is 15.2 Å². The van der Waals surface area contributed by atoms with Gasteiger partial charge in [0.1, 0.15) is 28.0 Å². The molecule has 0 unspecified atom stereocenters. The molecule has 1 aliphatic heterocycles. The van der Waals surface area contributed by atoms with Gasteiger partial charge in [-0.3, -0.25) is 9.59 Å². The number of rotatable bonds is 4. The molecular formula is C24H25ClN3O4+. The fourth-order valence-electron chi connectivity index (χ4n) is 4.15. The zero-order chi connectivity index (χ0) is 23.3. The van der Waals surface area contributed by atoms with E-state index >= 15 is 0 Å². The zero-order valence-electron chi connectivity index (χ0n) is 18.7. The number of fused-ring (bicyclic) bond motifs is 1. The number of aryl methyl sites for hydroxylation is 1. The summed E-state index contributed by atoms with van der Waals surface area (Å²) in [6, 6.07) is 10.8. The first-order valence-electron chi connectivity index (χ1n) is 10.5. The van der Waals surface area contributed by atoms with Crippen LogP contribution in [-0.4, -0.2) is 33.0 Å². The van der Waals surface area contributed by atoms with E-state index in [0.29, 0.717) is 33.8 Å². The predicted octanol–water partition coefficient (Wildman–Crippen LogP) is 4.26. The first-order valence-corrected chi connectivity index (χ1v) is 10.8. The summed E-state index contributed by atoms with van der Waals surface area (Å²) in [7, 11) is 0. The molecule has 32 heavy (non-hydrogen) atoms. The first kappa shape index (κ1) is 22.3. The van der Waals surface area contributed by atoms with Crippen molar-refractivity contribution in [3.8, 4) is 11.8 Å². The summed E-state index contributed by atoms with van der Waals surface area (Å²) in [6.45, 7) is 8.79. The first-order chi connectivity index (χ1) is 15.0. The van der Waals surface area contributed by atoms with Crippen molar-refractivity contribution in [1.29, 1.82) is 0 Å². The molecule has 8 heteroatoms. The molecule has 1 N–H and O–H groups in total. The van der Waals surface area contributed by atoms with Crippen LogP contribution < -0.4 is 9.72 Å². The van der Waals surface area contributed by atoms with Gasteiger partial charge in [0.05, 0.1) is 0 Å². The highest BCUT2D eigenvalue weighted by Crippen LogP contribution is 2.40. The maximum Gasteiger partial charge on any atom is 0.526 e. The molecule has 0 spiro atoms. The average Bonchev–Trinajstić information content (AvgIpc) is 2.72. The Morgan fingerprint density at radius 1 is 1.03 bits per heavy atom. The Kier molecular flexibility index (Phi) is 5.51. The van der Waals surface area contributed by atoms with E-state index in [0.717, 1.165) is 5.56 Å². The van der Waals surface area contributed by atoms with Crippen molar-refractivity contribution in [3.63, 3.8) is 0 Å². The van der Waals surface area contributed by atoms with Gasteiger partial charge in [-0.05, 0) is 80.7 Å². The predicted molar refractivity (Wildman–Crippen MR) is 119 cm³/mol. The van der Waals surface area contributed by atoms with Gasteiger partial charge in [-0.15, -0.1) is 0 Å². The van der Waals surface area contributed by atoms with Crippen molar-refractivity contribution in [2.75, 3.05) is 0 Å². The van der Waals surface area contributed by atoms with Crippen LogP contribution in [-0.2, 0) is 20.7 Å². The second-order valence-corrected chi connectivity index (χ2v) is 9.33. The van der Waals surface area contributed by atoms with E-state index in [-0.39, 0.29) is 17.6 Å². The number of benzene rings is 2. The van der Waals surface area contributed by atoms with E-state index in [1.807, 2.05) is 13.0 Å². The molecule has 0 radical (unpaired) electrons. The normalized spacial score (nSPS) is 18.2. The van der Waals surface area contributed by atoms with Gasteiger partial charge >= 0.3 is 6.01 Å². The highest BCUT2D eigenvalue weighted by molar-refractivity contribution is 6.31. The zero-order valence-corrected chi connectivity index (χ0v) is 19.4. The summed E-state index contributed by atoms with van der Waals surface area (Å²) < 4.78 is 11.7. The third-order valence-electron chi connectivity index (χ3n) is 5.70. The maximum atomic E-state index is 13.2. The van der Waals surface area contributed by atoms with E-state index in [9.17, 15) is 9.59 Å². The maximum absolute atomic E-state index is 13.2. The minimum absolute atomic E-state index is 0.181. The Balaban J connectivity index is 1.74. The highest BCUT2D eigenvalue weighted by Gasteiger charge is 2.53. The Morgan fingerprint density at radius 3 is 2.38 bits per heavy atom. The van der Waals surface area contributed by atoms with Crippen molar-refractivity contribution >= 4 is 34.2 Å². The second-order valence-electron chi connectivity index (χ2n) is 8.89. The summed E-state index contributed by atoms with van der Waals surface area (Å²) in [6.07, 6.45) is 0.664. The molecule has 1 saturated heterocycles. The molecule has 0 saturated carbocycles. The number of hydrogen-bond acceptors (Lipinski definition) is 6. The van der Waals surface area contributed by atoms with Crippen LogP contribution in [0.25, 0.3) is 11.0 Å². The van der Waals surface area contributed by atoms with Crippen molar-refractivity contribution in [1.82, 2.24) is 10.2 Å². The fraction of sp³-hybridized carbons (Fsp3) is 0.375. The second kappa shape index (κ2) is 7.90. The summed E-state index contributed by atoms with van der Waals surface area (Å²) >= 11 is 5.99. The lowest BCUT2D eigenvalue weighted by Gasteiger charge is -2.43. The number of aromatic amines is 1. The number of halogens is 1. The monoisotopic (exact) mass is 454 g/mol. The number of ether oxygens (including phenoxy) is 2. The fourth-order valence-corrected chi connectivity index (χ4v) is 4.32. The van der Waals surface area contributed by atoms with Crippen molar-refractivity contribution in [3.05, 3.63) is 52.5 Å². The van der Waals surface area contributed by atoms with Crippen LogP contribution in [0.2, 0.25) is 5.02 Å². The molecule has 7 nitrogen and oxygen atoms in total. The number of nitrogens with zero attached hydrogens (tertiary/aromatic N) is 2. The molecular weight excluding hydrogens is 430 g/mol. The number of Topliss-reactive ketones (excluding diaryl/α,β-unsaturated/α-hetero) is 2. The molecule has 1 aliphatic rings. The van der Waals surface area contributed by atoms with E-state index in [1.54, 1.807) is 58.0 Å². The molecule has 0 amide bonds. The Morgan fingerprint density at radius 2 is 1.72 bits per heavy atom.